The molecule has 0 amide bonds. The molecule has 1 saturated heterocycles. The predicted octanol–water partition coefficient (Wildman–Crippen LogP) is 2.84. The van der Waals surface area contributed by atoms with E-state index in [1.54, 1.807) is 0 Å². The van der Waals surface area contributed by atoms with Crippen LogP contribution in [0, 0.1) is 6.92 Å². The van der Waals surface area contributed by atoms with Crippen molar-refractivity contribution in [1.82, 2.24) is 19.6 Å². The molecule has 1 fully saturated rings. The van der Waals surface area contributed by atoms with Crippen LogP contribution >= 0.6 is 11.5 Å². The number of aryl methyl sites for hydroxylation is 1. The Kier molecular flexibility index (Phi) is 3.24. The third-order valence-electron chi connectivity index (χ3n) is 5.04. The van der Waals surface area contributed by atoms with Crippen molar-refractivity contribution in [2.24, 2.45) is 0 Å². The van der Waals surface area contributed by atoms with Gasteiger partial charge in [-0.25, -0.2) is 4.98 Å². The molecule has 0 saturated carbocycles. The monoisotopic (exact) mass is 351 g/mol. The summed E-state index contributed by atoms with van der Waals surface area (Å²) in [6, 6.07) is 12.4. The quantitative estimate of drug-likeness (QED) is 0.707. The molecule has 25 heavy (non-hydrogen) atoms. The summed E-state index contributed by atoms with van der Waals surface area (Å²) < 4.78 is 10.1. The number of anilines is 1. The first-order valence-corrected chi connectivity index (χ1v) is 9.13. The first-order valence-electron chi connectivity index (χ1n) is 8.35. The number of aromatic nitrogens is 4. The highest BCUT2D eigenvalue weighted by atomic mass is 32.1. The third kappa shape index (κ3) is 2.38. The molecular formula is C18H17N5OS. The van der Waals surface area contributed by atoms with Crippen molar-refractivity contribution in [2.75, 3.05) is 24.6 Å². The summed E-state index contributed by atoms with van der Waals surface area (Å²) in [6.45, 7) is 4.50. The van der Waals surface area contributed by atoms with E-state index >= 15 is 0 Å². The second-order valence-electron chi connectivity index (χ2n) is 6.66. The standard InChI is InChI=1S/C18H17N5OS/c1-12-19-17(25-22-12)14-6-7-16(21-20-14)23-9-8-18(10-23)11-24-15-5-3-2-4-13(15)18/h2-7H,8-11H2,1H3. The SMILES string of the molecule is Cc1nsc(-c2ccc(N3CCC4(COc5ccccc54)C3)nn2)n1. The third-order valence-corrected chi connectivity index (χ3v) is 5.87. The van der Waals surface area contributed by atoms with Gasteiger partial charge in [0, 0.05) is 18.7 Å². The van der Waals surface area contributed by atoms with E-state index in [-0.39, 0.29) is 5.41 Å². The van der Waals surface area contributed by atoms with Gasteiger partial charge in [0.2, 0.25) is 0 Å². The fourth-order valence-electron chi connectivity index (χ4n) is 3.74. The van der Waals surface area contributed by atoms with Crippen LogP contribution in [0.5, 0.6) is 5.75 Å². The van der Waals surface area contributed by atoms with E-state index in [9.17, 15) is 0 Å². The number of ether oxygens (including phenoxy) is 1. The first-order chi connectivity index (χ1) is 12.2. The number of fused-ring (bicyclic) bond motifs is 2. The molecular weight excluding hydrogens is 334 g/mol. The van der Waals surface area contributed by atoms with Crippen molar-refractivity contribution in [3.05, 3.63) is 47.8 Å². The van der Waals surface area contributed by atoms with Crippen molar-refractivity contribution in [1.29, 1.82) is 0 Å². The van der Waals surface area contributed by atoms with Gasteiger partial charge in [-0.05, 0) is 43.1 Å². The van der Waals surface area contributed by atoms with Crippen LogP contribution in [0.3, 0.4) is 0 Å². The Morgan fingerprint density at radius 3 is 2.88 bits per heavy atom. The van der Waals surface area contributed by atoms with Crippen LogP contribution in [0.2, 0.25) is 0 Å². The molecule has 1 unspecified atom stereocenters. The van der Waals surface area contributed by atoms with Gasteiger partial charge in [0.1, 0.15) is 17.3 Å². The van der Waals surface area contributed by atoms with Crippen molar-refractivity contribution in [3.8, 4) is 16.5 Å². The average molecular weight is 351 g/mol. The molecule has 0 N–H and O–H groups in total. The Morgan fingerprint density at radius 1 is 1.16 bits per heavy atom. The van der Waals surface area contributed by atoms with Crippen LogP contribution in [0.4, 0.5) is 5.82 Å². The van der Waals surface area contributed by atoms with Crippen LogP contribution in [0.15, 0.2) is 36.4 Å². The molecule has 2 aliphatic heterocycles. The van der Waals surface area contributed by atoms with Gasteiger partial charge in [-0.3, -0.25) is 0 Å². The molecule has 1 aromatic carbocycles. The van der Waals surface area contributed by atoms with Crippen LogP contribution in [-0.2, 0) is 5.41 Å². The minimum Gasteiger partial charge on any atom is -0.492 e. The first kappa shape index (κ1) is 14.8. The molecule has 7 heteroatoms. The Hall–Kier alpha value is -2.54. The molecule has 5 rings (SSSR count). The van der Waals surface area contributed by atoms with E-state index in [0.717, 1.165) is 54.2 Å². The fourth-order valence-corrected chi connectivity index (χ4v) is 4.37. The topological polar surface area (TPSA) is 64.0 Å². The van der Waals surface area contributed by atoms with E-state index < -0.39 is 0 Å². The van der Waals surface area contributed by atoms with Crippen molar-refractivity contribution >= 4 is 17.4 Å². The van der Waals surface area contributed by atoms with Crippen LogP contribution < -0.4 is 9.64 Å². The summed E-state index contributed by atoms with van der Waals surface area (Å²) in [4.78, 5) is 6.66. The largest absolute Gasteiger partial charge is 0.492 e. The number of hydrogen-bond acceptors (Lipinski definition) is 7. The van der Waals surface area contributed by atoms with Gasteiger partial charge in [0.25, 0.3) is 0 Å². The summed E-state index contributed by atoms with van der Waals surface area (Å²) >= 11 is 1.35. The summed E-state index contributed by atoms with van der Waals surface area (Å²) in [7, 11) is 0. The molecule has 1 atom stereocenters. The van der Waals surface area contributed by atoms with Gasteiger partial charge in [-0.1, -0.05) is 18.2 Å². The normalized spacial score (nSPS) is 21.6. The molecule has 0 aliphatic carbocycles. The van der Waals surface area contributed by atoms with E-state index in [1.165, 1.54) is 17.1 Å². The number of para-hydroxylation sites is 1. The lowest BCUT2D eigenvalue weighted by atomic mass is 9.82. The summed E-state index contributed by atoms with van der Waals surface area (Å²) in [5, 5.41) is 9.59. The summed E-state index contributed by atoms with van der Waals surface area (Å²) in [5.74, 6) is 2.70. The molecule has 2 aromatic heterocycles. The average Bonchev–Trinajstić information content (AvgIpc) is 3.36. The van der Waals surface area contributed by atoms with Crippen LogP contribution in [0.1, 0.15) is 17.8 Å². The lowest BCUT2D eigenvalue weighted by molar-refractivity contribution is 0.279. The number of rotatable bonds is 2. The van der Waals surface area contributed by atoms with Gasteiger partial charge < -0.3 is 9.64 Å². The summed E-state index contributed by atoms with van der Waals surface area (Å²) in [5.41, 5.74) is 2.18. The molecule has 126 valence electrons. The van der Waals surface area contributed by atoms with Gasteiger partial charge in [0.05, 0.1) is 12.0 Å². The molecule has 6 nitrogen and oxygen atoms in total. The second kappa shape index (κ2) is 5.49. The highest BCUT2D eigenvalue weighted by Crippen LogP contribution is 2.45. The van der Waals surface area contributed by atoms with Gasteiger partial charge in [-0.15, -0.1) is 10.2 Å². The van der Waals surface area contributed by atoms with E-state index in [1.807, 2.05) is 25.1 Å². The fraction of sp³-hybridized carbons (Fsp3) is 0.333. The maximum absolute atomic E-state index is 5.92. The molecule has 2 aliphatic rings. The molecule has 0 radical (unpaired) electrons. The molecule has 4 heterocycles. The van der Waals surface area contributed by atoms with Gasteiger partial charge >= 0.3 is 0 Å². The Balaban J connectivity index is 1.39. The minimum atomic E-state index is 0.0767. The molecule has 3 aromatic rings. The Morgan fingerprint density at radius 2 is 2.08 bits per heavy atom. The smallest absolute Gasteiger partial charge is 0.164 e. The Labute approximate surface area is 149 Å². The molecule has 1 spiro atoms. The predicted molar refractivity (Wildman–Crippen MR) is 96.1 cm³/mol. The van der Waals surface area contributed by atoms with Crippen LogP contribution in [0.25, 0.3) is 10.7 Å². The zero-order valence-corrected chi connectivity index (χ0v) is 14.7. The van der Waals surface area contributed by atoms with Gasteiger partial charge in [0.15, 0.2) is 10.8 Å². The van der Waals surface area contributed by atoms with Crippen molar-refractivity contribution in [2.45, 2.75) is 18.8 Å². The highest BCUT2D eigenvalue weighted by molar-refractivity contribution is 7.09. The van der Waals surface area contributed by atoms with Crippen LogP contribution in [-0.4, -0.2) is 39.3 Å². The zero-order chi connectivity index (χ0) is 16.9. The van der Waals surface area contributed by atoms with Crippen molar-refractivity contribution < 1.29 is 4.74 Å². The van der Waals surface area contributed by atoms with E-state index in [0.29, 0.717) is 0 Å². The summed E-state index contributed by atoms with van der Waals surface area (Å²) in [6.07, 6.45) is 1.07. The minimum absolute atomic E-state index is 0.0767. The van der Waals surface area contributed by atoms with Crippen molar-refractivity contribution in [3.63, 3.8) is 0 Å². The lowest BCUT2D eigenvalue weighted by Gasteiger charge is -2.23. The molecule has 0 bridgehead atoms. The number of nitrogens with zero attached hydrogens (tertiary/aromatic N) is 5. The zero-order valence-electron chi connectivity index (χ0n) is 13.8. The lowest BCUT2D eigenvalue weighted by Crippen LogP contribution is -2.32. The Bertz CT molecular complexity index is 925. The number of benzene rings is 1. The maximum Gasteiger partial charge on any atom is 0.164 e. The van der Waals surface area contributed by atoms with E-state index in [4.69, 9.17) is 4.74 Å². The maximum atomic E-state index is 5.92. The van der Waals surface area contributed by atoms with E-state index in [2.05, 4.69) is 42.7 Å². The second-order valence-corrected chi connectivity index (χ2v) is 7.41. The highest BCUT2D eigenvalue weighted by Gasteiger charge is 2.46. The van der Waals surface area contributed by atoms with Gasteiger partial charge in [-0.2, -0.15) is 4.37 Å². The number of hydrogen-bond donors (Lipinski definition) is 0.